The molecule has 2 nitrogen and oxygen atoms in total. The molecule has 0 aliphatic carbocycles. The summed E-state index contributed by atoms with van der Waals surface area (Å²) in [5.41, 5.74) is 0. The summed E-state index contributed by atoms with van der Waals surface area (Å²) in [5.74, 6) is 0. The van der Waals surface area contributed by atoms with E-state index in [1.807, 2.05) is 0 Å². The van der Waals surface area contributed by atoms with Crippen LogP contribution in [-0.4, -0.2) is 16.7 Å². The van der Waals surface area contributed by atoms with Crippen molar-refractivity contribution in [2.75, 3.05) is 0 Å². The zero-order chi connectivity index (χ0) is 3.58. The maximum atomic E-state index is 8.06. The second-order valence-corrected chi connectivity index (χ2v) is 1.09. The van der Waals surface area contributed by atoms with Gasteiger partial charge in [0, 0.05) is 39.7 Å². The first-order valence-corrected chi connectivity index (χ1v) is 1.41. The van der Waals surface area contributed by atoms with Gasteiger partial charge in [0.1, 0.15) is 0 Å². The Morgan fingerprint density at radius 2 is 1.14 bits per heavy atom. The van der Waals surface area contributed by atoms with Crippen molar-refractivity contribution in [2.45, 2.75) is 20.0 Å². The SMILES string of the molecule is CC(C)O.O.[Co].[Co]. The van der Waals surface area contributed by atoms with Gasteiger partial charge in [-0.05, 0) is 13.8 Å². The van der Waals surface area contributed by atoms with Gasteiger partial charge in [0.15, 0.2) is 0 Å². The molecule has 0 aromatic rings. The Balaban J connectivity index is -0.0000000150. The van der Waals surface area contributed by atoms with E-state index in [0.29, 0.717) is 0 Å². The molecule has 0 saturated heterocycles. The molecule has 4 heteroatoms. The molecule has 0 unspecified atom stereocenters. The van der Waals surface area contributed by atoms with E-state index in [9.17, 15) is 0 Å². The van der Waals surface area contributed by atoms with Crippen LogP contribution in [-0.2, 0) is 33.6 Å². The van der Waals surface area contributed by atoms with Crippen molar-refractivity contribution in [3.05, 3.63) is 0 Å². The van der Waals surface area contributed by atoms with E-state index in [4.69, 9.17) is 5.11 Å². The summed E-state index contributed by atoms with van der Waals surface area (Å²) >= 11 is 0. The molecular formula is C3H10Co2O2. The van der Waals surface area contributed by atoms with Gasteiger partial charge < -0.3 is 10.6 Å². The fourth-order valence-corrected chi connectivity index (χ4v) is 0. The van der Waals surface area contributed by atoms with Gasteiger partial charge in [-0.1, -0.05) is 0 Å². The van der Waals surface area contributed by atoms with Gasteiger partial charge in [0.2, 0.25) is 0 Å². The minimum absolute atomic E-state index is 0. The molecule has 0 aromatic heterocycles. The Morgan fingerprint density at radius 3 is 1.14 bits per heavy atom. The quantitative estimate of drug-likeness (QED) is 0.560. The molecule has 0 bridgehead atoms. The summed E-state index contributed by atoms with van der Waals surface area (Å²) in [4.78, 5) is 0. The minimum Gasteiger partial charge on any atom is -0.412 e. The van der Waals surface area contributed by atoms with Crippen LogP contribution in [0.2, 0.25) is 0 Å². The normalized spacial score (nSPS) is 5.14. The Morgan fingerprint density at radius 1 is 1.14 bits per heavy atom. The van der Waals surface area contributed by atoms with Gasteiger partial charge >= 0.3 is 0 Å². The Hall–Kier alpha value is 0.933. The second kappa shape index (κ2) is 15.8. The van der Waals surface area contributed by atoms with Crippen LogP contribution >= 0.6 is 0 Å². The van der Waals surface area contributed by atoms with Crippen LogP contribution in [0, 0.1) is 0 Å². The topological polar surface area (TPSA) is 51.7 Å². The number of aliphatic hydroxyl groups excluding tert-OH is 1. The maximum absolute atomic E-state index is 8.06. The average Bonchev–Trinajstić information content (AvgIpc) is 0.811. The van der Waals surface area contributed by atoms with E-state index < -0.39 is 0 Å². The molecule has 0 fully saturated rings. The van der Waals surface area contributed by atoms with E-state index in [-0.39, 0.29) is 45.1 Å². The minimum atomic E-state index is -0.167. The van der Waals surface area contributed by atoms with Crippen molar-refractivity contribution in [3.8, 4) is 0 Å². The van der Waals surface area contributed by atoms with E-state index in [2.05, 4.69) is 0 Å². The Bertz CT molecular complexity index is 15.7. The van der Waals surface area contributed by atoms with Crippen LogP contribution in [0.15, 0.2) is 0 Å². The van der Waals surface area contributed by atoms with Gasteiger partial charge in [-0.3, -0.25) is 0 Å². The van der Waals surface area contributed by atoms with Crippen LogP contribution < -0.4 is 0 Å². The third-order valence-corrected chi connectivity index (χ3v) is 0. The predicted molar refractivity (Wildman–Crippen MR) is 21.0 cm³/mol. The average molecular weight is 196 g/mol. The van der Waals surface area contributed by atoms with E-state index in [0.717, 1.165) is 0 Å². The molecule has 0 spiro atoms. The first kappa shape index (κ1) is 24.7. The summed E-state index contributed by atoms with van der Waals surface area (Å²) in [6.45, 7) is 3.44. The molecule has 0 saturated carbocycles. The fraction of sp³-hybridized carbons (Fsp3) is 1.00. The van der Waals surface area contributed by atoms with Gasteiger partial charge in [-0.2, -0.15) is 0 Å². The zero-order valence-corrected chi connectivity index (χ0v) is 6.27. The standard InChI is InChI=1S/C3H8O.2Co.H2O/c1-3(2)4;;;/h3-4H,1-2H3;;;1H2. The monoisotopic (exact) mass is 196 g/mol. The first-order chi connectivity index (χ1) is 1.73. The smallest absolute Gasteiger partial charge is 0.0483 e. The van der Waals surface area contributed by atoms with Gasteiger partial charge in [0.25, 0.3) is 0 Å². The van der Waals surface area contributed by atoms with Crippen molar-refractivity contribution in [1.29, 1.82) is 0 Å². The number of rotatable bonds is 0. The molecule has 0 amide bonds. The van der Waals surface area contributed by atoms with E-state index in [1.165, 1.54) is 0 Å². The first-order valence-electron chi connectivity index (χ1n) is 1.41. The summed E-state index contributed by atoms with van der Waals surface area (Å²) in [7, 11) is 0. The Labute approximate surface area is 64.4 Å². The third-order valence-electron chi connectivity index (χ3n) is 0. The van der Waals surface area contributed by atoms with Crippen LogP contribution in [0.4, 0.5) is 0 Å². The Kier molecular flexibility index (Phi) is 55.6. The summed E-state index contributed by atoms with van der Waals surface area (Å²) in [6, 6.07) is 0. The molecule has 52 valence electrons. The van der Waals surface area contributed by atoms with E-state index in [1.54, 1.807) is 13.8 Å². The number of hydrogen-bond donors (Lipinski definition) is 1. The van der Waals surface area contributed by atoms with Gasteiger partial charge in [-0.15, -0.1) is 0 Å². The molecule has 2 radical (unpaired) electrons. The van der Waals surface area contributed by atoms with E-state index >= 15 is 0 Å². The van der Waals surface area contributed by atoms with Crippen LogP contribution in [0.5, 0.6) is 0 Å². The van der Waals surface area contributed by atoms with Gasteiger partial charge in [-0.25, -0.2) is 0 Å². The molecule has 0 aliphatic heterocycles. The zero-order valence-electron chi connectivity index (χ0n) is 4.19. The number of hydrogen-bond acceptors (Lipinski definition) is 1. The van der Waals surface area contributed by atoms with Crippen molar-refractivity contribution >= 4 is 0 Å². The van der Waals surface area contributed by atoms with Crippen molar-refractivity contribution in [1.82, 2.24) is 0 Å². The molecule has 7 heavy (non-hydrogen) atoms. The summed E-state index contributed by atoms with van der Waals surface area (Å²) in [5, 5.41) is 8.06. The van der Waals surface area contributed by atoms with Gasteiger partial charge in [0.05, 0.1) is 0 Å². The van der Waals surface area contributed by atoms with Crippen molar-refractivity contribution in [3.63, 3.8) is 0 Å². The maximum Gasteiger partial charge on any atom is 0.0483 e. The summed E-state index contributed by atoms with van der Waals surface area (Å²) < 4.78 is 0. The molecular weight excluding hydrogens is 186 g/mol. The molecule has 0 aliphatic rings. The number of aliphatic hydroxyl groups is 1. The molecule has 0 heterocycles. The molecule has 0 atom stereocenters. The second-order valence-electron chi connectivity index (χ2n) is 1.09. The predicted octanol–water partition coefficient (Wildman–Crippen LogP) is -0.443. The van der Waals surface area contributed by atoms with Crippen LogP contribution in [0.25, 0.3) is 0 Å². The largest absolute Gasteiger partial charge is 0.412 e. The van der Waals surface area contributed by atoms with Crippen molar-refractivity contribution in [2.24, 2.45) is 0 Å². The van der Waals surface area contributed by atoms with Crippen LogP contribution in [0.3, 0.4) is 0 Å². The molecule has 0 aromatic carbocycles. The van der Waals surface area contributed by atoms with Crippen LogP contribution in [0.1, 0.15) is 13.8 Å². The molecule has 0 rings (SSSR count). The third kappa shape index (κ3) is 194. The molecule has 3 N–H and O–H groups in total. The fourth-order valence-electron chi connectivity index (χ4n) is 0. The van der Waals surface area contributed by atoms with Crippen molar-refractivity contribution < 1.29 is 44.1 Å². The summed E-state index contributed by atoms with van der Waals surface area (Å²) in [6.07, 6.45) is -0.167.